The van der Waals surface area contributed by atoms with E-state index < -0.39 is 30.4 Å². The molecule has 3 nitrogen and oxygen atoms in total. The van der Waals surface area contributed by atoms with Gasteiger partial charge in [0.2, 0.25) is 0 Å². The van der Waals surface area contributed by atoms with Crippen LogP contribution in [0.4, 0.5) is 23.2 Å². The fourth-order valence-electron chi connectivity index (χ4n) is 1.39. The number of aliphatic carboxylic acids is 1. The molecular formula is C11H10BrF4NO2. The molecule has 1 rings (SSSR count). The Labute approximate surface area is 114 Å². The molecule has 1 aromatic carbocycles. The van der Waals surface area contributed by atoms with Gasteiger partial charge >= 0.3 is 12.1 Å². The second kappa shape index (κ2) is 5.77. The normalized spacial score (nSPS) is 13.2. The molecule has 0 aromatic heterocycles. The molecule has 0 spiro atoms. The van der Waals surface area contributed by atoms with Crippen molar-refractivity contribution in [2.45, 2.75) is 13.1 Å². The van der Waals surface area contributed by atoms with Crippen molar-refractivity contribution in [2.75, 3.05) is 11.9 Å². The lowest BCUT2D eigenvalue weighted by Gasteiger charge is -2.18. The Morgan fingerprint density at radius 2 is 2.05 bits per heavy atom. The lowest BCUT2D eigenvalue weighted by Crippen LogP contribution is -2.36. The SMILES string of the molecule is Cc1cc(Br)c(F)cc1NCC(C(=O)O)C(F)(F)F. The van der Waals surface area contributed by atoms with Gasteiger partial charge in [0.1, 0.15) is 5.82 Å². The summed E-state index contributed by atoms with van der Waals surface area (Å²) in [7, 11) is 0. The highest BCUT2D eigenvalue weighted by Crippen LogP contribution is 2.28. The summed E-state index contributed by atoms with van der Waals surface area (Å²) in [5.41, 5.74) is 0.621. The number of alkyl halides is 3. The lowest BCUT2D eigenvalue weighted by atomic mass is 10.1. The summed E-state index contributed by atoms with van der Waals surface area (Å²) in [6.07, 6.45) is -4.86. The van der Waals surface area contributed by atoms with Crippen LogP contribution < -0.4 is 5.32 Å². The maximum atomic E-state index is 13.3. The number of rotatable bonds is 4. The second-order valence-corrected chi connectivity index (χ2v) is 4.75. The molecule has 0 aliphatic heterocycles. The minimum Gasteiger partial charge on any atom is -0.481 e. The van der Waals surface area contributed by atoms with Gasteiger partial charge in [-0.2, -0.15) is 13.2 Å². The van der Waals surface area contributed by atoms with Crippen LogP contribution in [-0.4, -0.2) is 23.8 Å². The van der Waals surface area contributed by atoms with Crippen LogP contribution in [0, 0.1) is 18.7 Å². The number of halogens is 5. The highest BCUT2D eigenvalue weighted by molar-refractivity contribution is 9.10. The maximum absolute atomic E-state index is 13.3. The number of anilines is 1. The van der Waals surface area contributed by atoms with E-state index in [1.807, 2.05) is 0 Å². The number of hydrogen-bond acceptors (Lipinski definition) is 2. The number of nitrogens with one attached hydrogen (secondary N) is 1. The van der Waals surface area contributed by atoms with Crippen molar-refractivity contribution in [1.82, 2.24) is 0 Å². The van der Waals surface area contributed by atoms with E-state index >= 15 is 0 Å². The first-order valence-corrected chi connectivity index (χ1v) is 5.91. The minimum absolute atomic E-state index is 0.121. The van der Waals surface area contributed by atoms with Gasteiger partial charge in [0, 0.05) is 12.2 Å². The molecule has 0 aliphatic rings. The molecule has 0 aliphatic carbocycles. The highest BCUT2D eigenvalue weighted by atomic mass is 79.9. The van der Waals surface area contributed by atoms with Gasteiger partial charge in [-0.3, -0.25) is 4.79 Å². The van der Waals surface area contributed by atoms with E-state index in [1.54, 1.807) is 6.92 Å². The second-order valence-electron chi connectivity index (χ2n) is 3.89. The number of carboxylic acid groups (broad SMARTS) is 1. The van der Waals surface area contributed by atoms with E-state index in [2.05, 4.69) is 21.2 Å². The van der Waals surface area contributed by atoms with Crippen LogP contribution in [0.3, 0.4) is 0 Å². The summed E-state index contributed by atoms with van der Waals surface area (Å²) in [6.45, 7) is 0.705. The monoisotopic (exact) mass is 343 g/mol. The fourth-order valence-corrected chi connectivity index (χ4v) is 1.85. The number of carbonyl (C=O) groups is 1. The molecule has 1 unspecified atom stereocenters. The Kier molecular flexibility index (Phi) is 4.78. The Hall–Kier alpha value is -1.31. The molecule has 0 heterocycles. The summed E-state index contributed by atoms with van der Waals surface area (Å²) in [6, 6.07) is 2.40. The van der Waals surface area contributed by atoms with Crippen LogP contribution in [-0.2, 0) is 4.79 Å². The van der Waals surface area contributed by atoms with Crippen molar-refractivity contribution in [1.29, 1.82) is 0 Å². The summed E-state index contributed by atoms with van der Waals surface area (Å²) in [4.78, 5) is 10.5. The van der Waals surface area contributed by atoms with Gasteiger partial charge in [0.05, 0.1) is 4.47 Å². The summed E-state index contributed by atoms with van der Waals surface area (Å²) in [5, 5.41) is 10.8. The number of hydrogen-bond donors (Lipinski definition) is 2. The van der Waals surface area contributed by atoms with E-state index in [-0.39, 0.29) is 10.2 Å². The Morgan fingerprint density at radius 3 is 2.53 bits per heavy atom. The van der Waals surface area contributed by atoms with Crippen molar-refractivity contribution in [2.24, 2.45) is 5.92 Å². The predicted molar refractivity (Wildman–Crippen MR) is 64.5 cm³/mol. The van der Waals surface area contributed by atoms with Crippen molar-refractivity contribution in [3.8, 4) is 0 Å². The van der Waals surface area contributed by atoms with Crippen molar-refractivity contribution in [3.05, 3.63) is 28.0 Å². The Balaban J connectivity index is 2.86. The van der Waals surface area contributed by atoms with Gasteiger partial charge in [-0.1, -0.05) is 0 Å². The third-order valence-corrected chi connectivity index (χ3v) is 3.06. The van der Waals surface area contributed by atoms with Gasteiger partial charge in [-0.25, -0.2) is 4.39 Å². The zero-order valence-corrected chi connectivity index (χ0v) is 11.3. The van der Waals surface area contributed by atoms with Crippen molar-refractivity contribution >= 4 is 27.6 Å². The summed E-state index contributed by atoms with van der Waals surface area (Å²) in [5.74, 6) is -5.17. The molecule has 0 radical (unpaired) electrons. The lowest BCUT2D eigenvalue weighted by molar-refractivity contribution is -0.190. The van der Waals surface area contributed by atoms with E-state index in [4.69, 9.17) is 5.11 Å². The molecule has 0 saturated heterocycles. The molecule has 1 aromatic rings. The summed E-state index contributed by atoms with van der Waals surface area (Å²) >= 11 is 2.94. The van der Waals surface area contributed by atoms with E-state index in [0.29, 0.717) is 5.56 Å². The van der Waals surface area contributed by atoms with Gasteiger partial charge < -0.3 is 10.4 Å². The van der Waals surface area contributed by atoms with E-state index in [1.165, 1.54) is 6.07 Å². The molecular weight excluding hydrogens is 334 g/mol. The largest absolute Gasteiger partial charge is 0.481 e. The third-order valence-electron chi connectivity index (χ3n) is 2.46. The van der Waals surface area contributed by atoms with Gasteiger partial charge in [-0.05, 0) is 40.5 Å². The number of aryl methyl sites for hydroxylation is 1. The average Bonchev–Trinajstić information content (AvgIpc) is 2.23. The van der Waals surface area contributed by atoms with E-state index in [9.17, 15) is 22.4 Å². The first-order chi connectivity index (χ1) is 8.62. The molecule has 8 heteroatoms. The van der Waals surface area contributed by atoms with Crippen molar-refractivity contribution < 1.29 is 27.5 Å². The van der Waals surface area contributed by atoms with Crippen LogP contribution in [0.25, 0.3) is 0 Å². The van der Waals surface area contributed by atoms with Crippen molar-refractivity contribution in [3.63, 3.8) is 0 Å². The van der Waals surface area contributed by atoms with Crippen LogP contribution in [0.15, 0.2) is 16.6 Å². The minimum atomic E-state index is -4.86. The van der Waals surface area contributed by atoms with Gasteiger partial charge in [0.25, 0.3) is 0 Å². The standard InChI is InChI=1S/C11H10BrF4NO2/c1-5-2-7(12)8(13)3-9(5)17-4-6(10(18)19)11(14,15)16/h2-3,6,17H,4H2,1H3,(H,18,19). The first kappa shape index (κ1) is 15.7. The van der Waals surface area contributed by atoms with Crippen LogP contribution in [0.5, 0.6) is 0 Å². The predicted octanol–water partition coefficient (Wildman–Crippen LogP) is 3.57. The highest BCUT2D eigenvalue weighted by Gasteiger charge is 2.44. The molecule has 0 amide bonds. The molecule has 2 N–H and O–H groups in total. The molecule has 0 saturated carbocycles. The third kappa shape index (κ3) is 4.09. The van der Waals surface area contributed by atoms with Gasteiger partial charge in [0.15, 0.2) is 5.92 Å². The smallest absolute Gasteiger partial charge is 0.403 e. The van der Waals surface area contributed by atoms with Crippen LogP contribution in [0.2, 0.25) is 0 Å². The quantitative estimate of drug-likeness (QED) is 0.821. The molecule has 1 atom stereocenters. The average molecular weight is 344 g/mol. The Bertz CT molecular complexity index is 490. The van der Waals surface area contributed by atoms with Crippen LogP contribution >= 0.6 is 15.9 Å². The summed E-state index contributed by atoms with van der Waals surface area (Å²) < 4.78 is 50.7. The fraction of sp³-hybridized carbons (Fsp3) is 0.364. The molecule has 106 valence electrons. The number of carboxylic acids is 1. The molecule has 0 fully saturated rings. The zero-order chi connectivity index (χ0) is 14.8. The molecule has 0 bridgehead atoms. The number of benzene rings is 1. The van der Waals surface area contributed by atoms with E-state index in [0.717, 1.165) is 6.07 Å². The molecule has 19 heavy (non-hydrogen) atoms. The maximum Gasteiger partial charge on any atom is 0.403 e. The first-order valence-electron chi connectivity index (χ1n) is 5.12. The Morgan fingerprint density at radius 1 is 1.47 bits per heavy atom. The zero-order valence-electron chi connectivity index (χ0n) is 9.68. The van der Waals surface area contributed by atoms with Crippen LogP contribution in [0.1, 0.15) is 5.56 Å². The topological polar surface area (TPSA) is 49.3 Å². The van der Waals surface area contributed by atoms with Gasteiger partial charge in [-0.15, -0.1) is 0 Å².